The number of nitriles is 1. The second kappa shape index (κ2) is 12.4. The van der Waals surface area contributed by atoms with Crippen molar-refractivity contribution in [1.82, 2.24) is 25.2 Å². The fraction of sp³-hybridized carbons (Fsp3) is 0.379. The monoisotopic (exact) mass is 542 g/mol. The number of piperazine rings is 1. The van der Waals surface area contributed by atoms with Gasteiger partial charge in [0.05, 0.1) is 5.56 Å². The van der Waals surface area contributed by atoms with Crippen LogP contribution < -0.4 is 15.1 Å². The molecule has 0 radical (unpaired) electrons. The summed E-state index contributed by atoms with van der Waals surface area (Å²) in [5.74, 6) is 1.15. The Bertz CT molecular complexity index is 1370. The smallest absolute Gasteiger partial charge is 0.408 e. The summed E-state index contributed by atoms with van der Waals surface area (Å²) in [6, 6.07) is 13.6. The maximum absolute atomic E-state index is 12.5. The van der Waals surface area contributed by atoms with Crippen molar-refractivity contribution in [1.29, 1.82) is 5.26 Å². The van der Waals surface area contributed by atoms with E-state index in [0.29, 0.717) is 23.9 Å². The van der Waals surface area contributed by atoms with E-state index in [9.17, 15) is 14.9 Å². The summed E-state index contributed by atoms with van der Waals surface area (Å²) in [7, 11) is 1.69. The topological polar surface area (TPSA) is 128 Å². The van der Waals surface area contributed by atoms with Gasteiger partial charge in [-0.25, -0.2) is 19.7 Å². The van der Waals surface area contributed by atoms with Crippen molar-refractivity contribution in [2.75, 3.05) is 49.6 Å². The van der Waals surface area contributed by atoms with Crippen LogP contribution in [0.2, 0.25) is 0 Å². The minimum atomic E-state index is -0.625. The molecule has 0 saturated carbocycles. The van der Waals surface area contributed by atoms with Crippen molar-refractivity contribution in [3.8, 4) is 17.2 Å². The highest BCUT2D eigenvalue weighted by Gasteiger charge is 2.22. The van der Waals surface area contributed by atoms with Crippen molar-refractivity contribution < 1.29 is 14.3 Å². The number of rotatable bonds is 7. The van der Waals surface area contributed by atoms with Gasteiger partial charge in [0.2, 0.25) is 11.9 Å². The van der Waals surface area contributed by atoms with Gasteiger partial charge < -0.3 is 24.8 Å². The van der Waals surface area contributed by atoms with E-state index in [-0.39, 0.29) is 12.5 Å². The molecule has 0 unspecified atom stereocenters. The number of pyridine rings is 1. The Balaban J connectivity index is 1.32. The molecule has 40 heavy (non-hydrogen) atoms. The van der Waals surface area contributed by atoms with Crippen LogP contribution in [0, 0.1) is 11.3 Å². The first-order chi connectivity index (χ1) is 19.1. The van der Waals surface area contributed by atoms with E-state index in [1.54, 1.807) is 63.4 Å². The van der Waals surface area contributed by atoms with E-state index in [1.807, 2.05) is 24.3 Å². The predicted molar refractivity (Wildman–Crippen MR) is 152 cm³/mol. The van der Waals surface area contributed by atoms with Gasteiger partial charge >= 0.3 is 6.09 Å². The van der Waals surface area contributed by atoms with Gasteiger partial charge in [-0.2, -0.15) is 5.26 Å². The first-order valence-corrected chi connectivity index (χ1v) is 13.1. The average Bonchev–Trinajstić information content (AvgIpc) is 2.95. The zero-order chi connectivity index (χ0) is 28.7. The van der Waals surface area contributed by atoms with Gasteiger partial charge in [0, 0.05) is 63.9 Å². The van der Waals surface area contributed by atoms with Crippen LogP contribution in [0.15, 0.2) is 55.0 Å². The summed E-state index contributed by atoms with van der Waals surface area (Å²) in [4.78, 5) is 43.7. The molecule has 1 aliphatic heterocycles. The van der Waals surface area contributed by atoms with Gasteiger partial charge in [0.1, 0.15) is 24.0 Å². The summed E-state index contributed by atoms with van der Waals surface area (Å²) < 4.78 is 5.18. The largest absolute Gasteiger partial charge is 0.444 e. The molecule has 3 heterocycles. The molecule has 0 bridgehead atoms. The highest BCUT2D eigenvalue weighted by atomic mass is 16.6. The van der Waals surface area contributed by atoms with E-state index in [2.05, 4.69) is 36.1 Å². The van der Waals surface area contributed by atoms with E-state index in [0.717, 1.165) is 42.9 Å². The number of benzene rings is 1. The van der Waals surface area contributed by atoms with E-state index in [1.165, 1.54) is 0 Å². The van der Waals surface area contributed by atoms with Crippen LogP contribution in [0.3, 0.4) is 0 Å². The Hall–Kier alpha value is -4.72. The standard InChI is InChI=1S/C29H34N8O3/c1-29(2,3)40-28(39)34-19-25(38)35(4)20-21-7-5-8-22(15-21)24-17-32-27(33-18-24)37-13-11-36(12-14-37)26-23(16-30)9-6-10-31-26/h5-10,15,17-18H,11-14,19-20H2,1-4H3,(H,34,39). The van der Waals surface area contributed by atoms with Crippen LogP contribution in [-0.4, -0.2) is 77.2 Å². The molecule has 1 aliphatic rings. The number of amides is 2. The molecule has 4 rings (SSSR count). The van der Waals surface area contributed by atoms with Crippen molar-refractivity contribution in [2.45, 2.75) is 32.9 Å². The summed E-state index contributed by atoms with van der Waals surface area (Å²) in [5, 5.41) is 11.9. The number of nitrogens with zero attached hydrogens (tertiary/aromatic N) is 7. The molecule has 0 atom stereocenters. The van der Waals surface area contributed by atoms with Crippen molar-refractivity contribution in [2.24, 2.45) is 0 Å². The highest BCUT2D eigenvalue weighted by molar-refractivity contribution is 5.82. The molecule has 2 aromatic heterocycles. The van der Waals surface area contributed by atoms with Crippen LogP contribution in [-0.2, 0) is 16.1 Å². The van der Waals surface area contributed by atoms with Gasteiger partial charge in [-0.15, -0.1) is 0 Å². The Labute approximate surface area is 234 Å². The Kier molecular flexibility index (Phi) is 8.79. The summed E-state index contributed by atoms with van der Waals surface area (Å²) in [6.07, 6.45) is 4.70. The minimum absolute atomic E-state index is 0.143. The molecule has 0 spiro atoms. The normalized spacial score (nSPS) is 13.4. The zero-order valence-corrected chi connectivity index (χ0v) is 23.3. The van der Waals surface area contributed by atoms with Gasteiger partial charge in [0.15, 0.2) is 0 Å². The highest BCUT2D eigenvalue weighted by Crippen LogP contribution is 2.23. The molecular formula is C29H34N8O3. The second-order valence-corrected chi connectivity index (χ2v) is 10.5. The lowest BCUT2D eigenvalue weighted by atomic mass is 10.1. The predicted octanol–water partition coefficient (Wildman–Crippen LogP) is 3.22. The molecule has 208 valence electrons. The fourth-order valence-electron chi connectivity index (χ4n) is 4.30. The molecule has 3 aromatic rings. The quantitative estimate of drug-likeness (QED) is 0.479. The third-order valence-electron chi connectivity index (χ3n) is 6.30. The second-order valence-electron chi connectivity index (χ2n) is 10.5. The van der Waals surface area contributed by atoms with E-state index in [4.69, 9.17) is 4.74 Å². The number of ether oxygens (including phenoxy) is 1. The summed E-state index contributed by atoms with van der Waals surface area (Å²) in [6.45, 7) is 8.43. The molecule has 1 aromatic carbocycles. The number of nitrogens with one attached hydrogen (secondary N) is 1. The van der Waals surface area contributed by atoms with Crippen LogP contribution in [0.25, 0.3) is 11.1 Å². The first kappa shape index (κ1) is 28.3. The Morgan fingerprint density at radius 3 is 2.40 bits per heavy atom. The van der Waals surface area contributed by atoms with Crippen molar-refractivity contribution >= 4 is 23.8 Å². The van der Waals surface area contributed by atoms with Crippen LogP contribution in [0.4, 0.5) is 16.6 Å². The average molecular weight is 543 g/mol. The molecule has 11 heteroatoms. The van der Waals surface area contributed by atoms with E-state index >= 15 is 0 Å². The number of carbonyl (C=O) groups excluding carboxylic acids is 2. The Morgan fingerprint density at radius 1 is 1.02 bits per heavy atom. The van der Waals surface area contributed by atoms with E-state index < -0.39 is 11.7 Å². The number of anilines is 2. The van der Waals surface area contributed by atoms with Crippen molar-refractivity contribution in [3.63, 3.8) is 0 Å². The summed E-state index contributed by atoms with van der Waals surface area (Å²) in [5.41, 5.74) is 2.71. The molecule has 11 nitrogen and oxygen atoms in total. The molecule has 0 aliphatic carbocycles. The number of hydrogen-bond acceptors (Lipinski definition) is 9. The first-order valence-electron chi connectivity index (χ1n) is 13.1. The lowest BCUT2D eigenvalue weighted by Crippen LogP contribution is -2.47. The zero-order valence-electron chi connectivity index (χ0n) is 23.3. The van der Waals surface area contributed by atoms with Gasteiger partial charge in [0.25, 0.3) is 0 Å². The number of likely N-dealkylation sites (N-methyl/N-ethyl adjacent to an activating group) is 1. The maximum Gasteiger partial charge on any atom is 0.408 e. The van der Waals surface area contributed by atoms with Gasteiger partial charge in [-0.05, 0) is 50.1 Å². The molecular weight excluding hydrogens is 508 g/mol. The van der Waals surface area contributed by atoms with Gasteiger partial charge in [-0.3, -0.25) is 4.79 Å². The number of aromatic nitrogens is 3. The lowest BCUT2D eigenvalue weighted by molar-refractivity contribution is -0.129. The third-order valence-corrected chi connectivity index (χ3v) is 6.30. The summed E-state index contributed by atoms with van der Waals surface area (Å²) >= 11 is 0. The van der Waals surface area contributed by atoms with Crippen molar-refractivity contribution in [3.05, 3.63) is 66.1 Å². The van der Waals surface area contributed by atoms with Crippen LogP contribution in [0.1, 0.15) is 31.9 Å². The fourth-order valence-corrected chi connectivity index (χ4v) is 4.30. The third kappa shape index (κ3) is 7.44. The molecule has 1 fully saturated rings. The van der Waals surface area contributed by atoms with Crippen LogP contribution in [0.5, 0.6) is 0 Å². The maximum atomic E-state index is 12.5. The molecule has 2 amide bonds. The number of carbonyl (C=O) groups is 2. The number of hydrogen-bond donors (Lipinski definition) is 1. The SMILES string of the molecule is CN(Cc1cccc(-c2cnc(N3CCN(c4ncccc4C#N)CC3)nc2)c1)C(=O)CNC(=O)OC(C)(C)C. The molecule has 1 saturated heterocycles. The van der Waals surface area contributed by atoms with Crippen LogP contribution >= 0.6 is 0 Å². The number of alkyl carbamates (subject to hydrolysis) is 1. The lowest BCUT2D eigenvalue weighted by Gasteiger charge is -2.35. The molecule has 1 N–H and O–H groups in total. The Morgan fingerprint density at radius 2 is 1.73 bits per heavy atom. The minimum Gasteiger partial charge on any atom is -0.444 e. The van der Waals surface area contributed by atoms with Gasteiger partial charge in [-0.1, -0.05) is 18.2 Å².